The quantitative estimate of drug-likeness (QED) is 0.876. The highest BCUT2D eigenvalue weighted by Gasteiger charge is 2.16. The van der Waals surface area contributed by atoms with E-state index in [4.69, 9.17) is 4.74 Å². The number of methoxy groups -OCH3 is 1. The third kappa shape index (κ3) is 4.08. The molecule has 0 spiro atoms. The Morgan fingerprint density at radius 3 is 2.71 bits per heavy atom. The van der Waals surface area contributed by atoms with Gasteiger partial charge in [0.05, 0.1) is 25.0 Å². The molecule has 0 atom stereocenters. The number of anilines is 1. The Labute approximate surface area is 144 Å². The summed E-state index contributed by atoms with van der Waals surface area (Å²) in [5.74, 6) is 1.17. The van der Waals surface area contributed by atoms with Gasteiger partial charge in [-0.05, 0) is 35.4 Å². The van der Waals surface area contributed by atoms with Crippen molar-refractivity contribution in [1.82, 2.24) is 5.32 Å². The second kappa shape index (κ2) is 7.40. The van der Waals surface area contributed by atoms with Gasteiger partial charge in [0.2, 0.25) is 11.8 Å². The van der Waals surface area contributed by atoms with E-state index in [0.717, 1.165) is 27.5 Å². The molecule has 3 rings (SSSR count). The Hall–Kier alpha value is -2.47. The molecule has 0 saturated carbocycles. The topological polar surface area (TPSA) is 67.4 Å². The number of thioether (sulfide) groups is 1. The molecule has 0 aromatic heterocycles. The van der Waals surface area contributed by atoms with Crippen LogP contribution in [0.3, 0.4) is 0 Å². The zero-order chi connectivity index (χ0) is 16.9. The summed E-state index contributed by atoms with van der Waals surface area (Å²) in [4.78, 5) is 24.6. The van der Waals surface area contributed by atoms with E-state index < -0.39 is 0 Å². The summed E-state index contributed by atoms with van der Waals surface area (Å²) in [6.07, 6.45) is 0.282. The number of carbonyl (C=O) groups is 2. The van der Waals surface area contributed by atoms with E-state index in [-0.39, 0.29) is 18.2 Å². The fourth-order valence-electron chi connectivity index (χ4n) is 2.43. The van der Waals surface area contributed by atoms with Gasteiger partial charge in [0.1, 0.15) is 5.75 Å². The molecule has 24 heavy (non-hydrogen) atoms. The molecule has 2 aromatic rings. The minimum atomic E-state index is -0.0550. The molecule has 2 aromatic carbocycles. The van der Waals surface area contributed by atoms with Gasteiger partial charge in [0.25, 0.3) is 0 Å². The molecule has 5 nitrogen and oxygen atoms in total. The number of benzene rings is 2. The number of hydrogen-bond donors (Lipinski definition) is 2. The van der Waals surface area contributed by atoms with Crippen molar-refractivity contribution in [2.45, 2.75) is 17.9 Å². The van der Waals surface area contributed by atoms with Gasteiger partial charge >= 0.3 is 0 Å². The first-order chi connectivity index (χ1) is 11.6. The second-order valence-electron chi connectivity index (χ2n) is 5.47. The lowest BCUT2D eigenvalue weighted by atomic mass is 10.1. The Bertz CT molecular complexity index is 759. The van der Waals surface area contributed by atoms with Crippen LogP contribution in [-0.2, 0) is 22.6 Å². The van der Waals surface area contributed by atoms with Gasteiger partial charge in [-0.3, -0.25) is 9.59 Å². The number of fused-ring (bicyclic) bond motifs is 1. The van der Waals surface area contributed by atoms with Crippen molar-refractivity contribution in [3.8, 4) is 5.75 Å². The minimum Gasteiger partial charge on any atom is -0.497 e. The zero-order valence-corrected chi connectivity index (χ0v) is 14.1. The maximum absolute atomic E-state index is 12.1. The van der Waals surface area contributed by atoms with E-state index in [0.29, 0.717) is 12.3 Å². The summed E-state index contributed by atoms with van der Waals surface area (Å²) < 4.78 is 5.11. The molecule has 0 unspecified atom stereocenters. The molecule has 0 aliphatic carbocycles. The third-order valence-electron chi connectivity index (χ3n) is 3.69. The lowest BCUT2D eigenvalue weighted by Gasteiger charge is -2.17. The van der Waals surface area contributed by atoms with Gasteiger partial charge in [-0.15, -0.1) is 11.8 Å². The zero-order valence-electron chi connectivity index (χ0n) is 13.3. The second-order valence-corrected chi connectivity index (χ2v) is 6.49. The summed E-state index contributed by atoms with van der Waals surface area (Å²) in [6.45, 7) is 0.473. The van der Waals surface area contributed by atoms with E-state index >= 15 is 0 Å². The van der Waals surface area contributed by atoms with Crippen LogP contribution >= 0.6 is 11.8 Å². The lowest BCUT2D eigenvalue weighted by Crippen LogP contribution is -2.25. The predicted octanol–water partition coefficient (Wildman–Crippen LogP) is 2.60. The van der Waals surface area contributed by atoms with Gasteiger partial charge < -0.3 is 15.4 Å². The number of nitrogens with one attached hydrogen (secondary N) is 2. The van der Waals surface area contributed by atoms with Crippen molar-refractivity contribution in [1.29, 1.82) is 0 Å². The largest absolute Gasteiger partial charge is 0.497 e. The van der Waals surface area contributed by atoms with Crippen LogP contribution in [0.15, 0.2) is 47.4 Å². The molecule has 1 aliphatic rings. The number of carbonyl (C=O) groups excluding carboxylic acids is 2. The minimum absolute atomic E-state index is 0.00592. The van der Waals surface area contributed by atoms with Gasteiger partial charge in [0, 0.05) is 11.4 Å². The normalized spacial score (nSPS) is 13.0. The molecule has 1 heterocycles. The monoisotopic (exact) mass is 342 g/mol. The molecule has 0 saturated heterocycles. The number of rotatable bonds is 5. The van der Waals surface area contributed by atoms with E-state index in [1.807, 2.05) is 42.5 Å². The van der Waals surface area contributed by atoms with E-state index in [2.05, 4.69) is 10.6 Å². The van der Waals surface area contributed by atoms with Crippen LogP contribution in [0.25, 0.3) is 0 Å². The Kier molecular flexibility index (Phi) is 5.05. The summed E-state index contributed by atoms with van der Waals surface area (Å²) in [6, 6.07) is 13.3. The molecule has 0 bridgehead atoms. The van der Waals surface area contributed by atoms with Crippen molar-refractivity contribution in [3.05, 3.63) is 53.6 Å². The summed E-state index contributed by atoms with van der Waals surface area (Å²) in [5, 5.41) is 5.74. The average molecular weight is 342 g/mol. The fourth-order valence-corrected chi connectivity index (χ4v) is 3.22. The highest BCUT2D eigenvalue weighted by Crippen LogP contribution is 2.32. The first-order valence-electron chi connectivity index (χ1n) is 7.59. The van der Waals surface area contributed by atoms with Crippen molar-refractivity contribution in [3.63, 3.8) is 0 Å². The molecule has 2 amide bonds. The average Bonchev–Trinajstić information content (AvgIpc) is 2.60. The third-order valence-corrected chi connectivity index (χ3v) is 4.76. The van der Waals surface area contributed by atoms with Crippen molar-refractivity contribution in [2.75, 3.05) is 18.2 Å². The Morgan fingerprint density at radius 2 is 1.96 bits per heavy atom. The Balaban J connectivity index is 1.56. The first kappa shape index (κ1) is 16.4. The van der Waals surface area contributed by atoms with Gasteiger partial charge in [-0.2, -0.15) is 0 Å². The predicted molar refractivity (Wildman–Crippen MR) is 94.3 cm³/mol. The van der Waals surface area contributed by atoms with E-state index in [9.17, 15) is 9.59 Å². The van der Waals surface area contributed by atoms with Crippen LogP contribution in [0.4, 0.5) is 5.69 Å². The van der Waals surface area contributed by atoms with Crippen LogP contribution in [0.5, 0.6) is 5.75 Å². The fraction of sp³-hybridized carbons (Fsp3) is 0.222. The smallest absolute Gasteiger partial charge is 0.234 e. The van der Waals surface area contributed by atoms with E-state index in [1.165, 1.54) is 11.8 Å². The molecule has 1 aliphatic heterocycles. The molecular formula is C18H18N2O3S. The number of hydrogen-bond acceptors (Lipinski definition) is 4. The molecule has 0 radical (unpaired) electrons. The van der Waals surface area contributed by atoms with Crippen LogP contribution in [0, 0.1) is 0 Å². The summed E-state index contributed by atoms with van der Waals surface area (Å²) >= 11 is 1.51. The number of ether oxygens (including phenoxy) is 1. The highest BCUT2D eigenvalue weighted by molar-refractivity contribution is 8.00. The SMILES string of the molecule is COc1ccc(CNC(=O)Cc2ccc3c(c2)NC(=O)CS3)cc1. The summed E-state index contributed by atoms with van der Waals surface area (Å²) in [5.41, 5.74) is 2.68. The van der Waals surface area contributed by atoms with Crippen molar-refractivity contribution in [2.24, 2.45) is 0 Å². The molecule has 124 valence electrons. The highest BCUT2D eigenvalue weighted by atomic mass is 32.2. The van der Waals surface area contributed by atoms with Crippen LogP contribution in [0.1, 0.15) is 11.1 Å². The van der Waals surface area contributed by atoms with Gasteiger partial charge in [-0.1, -0.05) is 18.2 Å². The number of amides is 2. The molecule has 6 heteroatoms. The Morgan fingerprint density at radius 1 is 1.21 bits per heavy atom. The molecule has 2 N–H and O–H groups in total. The van der Waals surface area contributed by atoms with E-state index in [1.54, 1.807) is 7.11 Å². The van der Waals surface area contributed by atoms with Crippen molar-refractivity contribution >= 4 is 29.3 Å². The van der Waals surface area contributed by atoms with Crippen molar-refractivity contribution < 1.29 is 14.3 Å². The molecular weight excluding hydrogens is 324 g/mol. The lowest BCUT2D eigenvalue weighted by molar-refractivity contribution is -0.120. The van der Waals surface area contributed by atoms with Crippen LogP contribution < -0.4 is 15.4 Å². The standard InChI is InChI=1S/C18H18N2O3S/c1-23-14-5-2-12(3-6-14)10-19-17(21)9-13-4-7-16-15(8-13)20-18(22)11-24-16/h2-8H,9-11H2,1H3,(H,19,21)(H,20,22). The maximum Gasteiger partial charge on any atom is 0.234 e. The van der Waals surface area contributed by atoms with Crippen LogP contribution in [-0.4, -0.2) is 24.7 Å². The molecule has 0 fully saturated rings. The van der Waals surface area contributed by atoms with Crippen LogP contribution in [0.2, 0.25) is 0 Å². The summed E-state index contributed by atoms with van der Waals surface area (Å²) in [7, 11) is 1.62. The maximum atomic E-state index is 12.1. The van der Waals surface area contributed by atoms with Gasteiger partial charge in [0.15, 0.2) is 0 Å². The first-order valence-corrected chi connectivity index (χ1v) is 8.58. The van der Waals surface area contributed by atoms with Gasteiger partial charge in [-0.25, -0.2) is 0 Å².